The smallest absolute Gasteiger partial charge is 0.219 e. The Morgan fingerprint density at radius 3 is 2.82 bits per heavy atom. The van der Waals surface area contributed by atoms with Gasteiger partial charge >= 0.3 is 0 Å². The maximum Gasteiger partial charge on any atom is 0.219 e. The predicted octanol–water partition coefficient (Wildman–Crippen LogP) is 1.52. The second-order valence-electron chi connectivity index (χ2n) is 5.53. The third-order valence-corrected chi connectivity index (χ3v) is 3.26. The van der Waals surface area contributed by atoms with Gasteiger partial charge in [-0.2, -0.15) is 0 Å². The Bertz CT molecular complexity index is 472. The first-order chi connectivity index (χ1) is 7.89. The minimum Gasteiger partial charge on any atom is -0.370 e. The number of hydrogen-bond donors (Lipinski definition) is 1. The molecule has 4 nitrogen and oxygen atoms in total. The van der Waals surface area contributed by atoms with E-state index < -0.39 is 0 Å². The number of carbonyl (C=O) groups is 2. The van der Waals surface area contributed by atoms with Gasteiger partial charge in [0.2, 0.25) is 5.91 Å². The van der Waals surface area contributed by atoms with Gasteiger partial charge in [-0.25, -0.2) is 0 Å². The molecule has 1 amide bonds. The standard InChI is InChI=1S/C13H18N2O2/c1-13(2)7-10-9(11(16)8-13)3-5-15(10)6-4-12(14)17/h3,5H,4,6-8H2,1-2H3,(H2,14,17). The van der Waals surface area contributed by atoms with Gasteiger partial charge in [-0.1, -0.05) is 13.8 Å². The summed E-state index contributed by atoms with van der Waals surface area (Å²) in [6, 6.07) is 1.86. The van der Waals surface area contributed by atoms with Crippen LogP contribution in [0.5, 0.6) is 0 Å². The molecule has 2 N–H and O–H groups in total. The first-order valence-corrected chi connectivity index (χ1v) is 5.88. The Labute approximate surface area is 101 Å². The van der Waals surface area contributed by atoms with Gasteiger partial charge in [0.25, 0.3) is 0 Å². The summed E-state index contributed by atoms with van der Waals surface area (Å²) in [6.07, 6.45) is 3.67. The Morgan fingerprint density at radius 2 is 2.18 bits per heavy atom. The number of nitrogens with two attached hydrogens (primary N) is 1. The molecule has 0 radical (unpaired) electrons. The van der Waals surface area contributed by atoms with Crippen molar-refractivity contribution in [2.24, 2.45) is 11.1 Å². The van der Waals surface area contributed by atoms with E-state index in [0.29, 0.717) is 19.4 Å². The second-order valence-corrected chi connectivity index (χ2v) is 5.53. The summed E-state index contributed by atoms with van der Waals surface area (Å²) in [4.78, 5) is 22.7. The van der Waals surface area contributed by atoms with Crippen LogP contribution in [0.3, 0.4) is 0 Å². The Hall–Kier alpha value is -1.58. The lowest BCUT2D eigenvalue weighted by molar-refractivity contribution is -0.118. The SMILES string of the molecule is CC1(C)CC(=O)c2ccn(CCC(N)=O)c2C1. The molecule has 0 unspecified atom stereocenters. The van der Waals surface area contributed by atoms with Crippen LogP contribution in [0, 0.1) is 5.41 Å². The lowest BCUT2D eigenvalue weighted by Gasteiger charge is -2.29. The lowest BCUT2D eigenvalue weighted by atomic mass is 9.76. The van der Waals surface area contributed by atoms with Gasteiger partial charge in [-0.15, -0.1) is 0 Å². The van der Waals surface area contributed by atoms with Crippen molar-refractivity contribution in [3.05, 3.63) is 23.5 Å². The molecule has 0 atom stereocenters. The lowest BCUT2D eigenvalue weighted by Crippen LogP contribution is -2.28. The van der Waals surface area contributed by atoms with Crippen molar-refractivity contribution >= 4 is 11.7 Å². The minimum absolute atomic E-state index is 0.00686. The highest BCUT2D eigenvalue weighted by Crippen LogP contribution is 2.35. The second kappa shape index (κ2) is 4.02. The highest BCUT2D eigenvalue weighted by Gasteiger charge is 2.32. The summed E-state index contributed by atoms with van der Waals surface area (Å²) in [5, 5.41) is 0. The van der Waals surface area contributed by atoms with Gasteiger partial charge in [0.05, 0.1) is 0 Å². The van der Waals surface area contributed by atoms with E-state index >= 15 is 0 Å². The zero-order valence-electron chi connectivity index (χ0n) is 10.3. The number of rotatable bonds is 3. The average molecular weight is 234 g/mol. The average Bonchev–Trinajstić information content (AvgIpc) is 2.56. The molecule has 0 aliphatic heterocycles. The summed E-state index contributed by atoms with van der Waals surface area (Å²) >= 11 is 0. The monoisotopic (exact) mass is 234 g/mol. The Kier molecular flexibility index (Phi) is 2.81. The molecule has 17 heavy (non-hydrogen) atoms. The highest BCUT2D eigenvalue weighted by atomic mass is 16.1. The maximum absolute atomic E-state index is 11.9. The molecule has 1 aliphatic carbocycles. The number of Topliss-reactive ketones (excluding diaryl/α,β-unsaturated/α-hetero) is 1. The van der Waals surface area contributed by atoms with E-state index in [4.69, 9.17) is 5.73 Å². The van der Waals surface area contributed by atoms with Crippen molar-refractivity contribution in [1.82, 2.24) is 4.57 Å². The fourth-order valence-corrected chi connectivity index (χ4v) is 2.44. The molecule has 0 saturated heterocycles. The van der Waals surface area contributed by atoms with Gasteiger partial charge in [0, 0.05) is 36.8 Å². The molecule has 1 aromatic heterocycles. The molecular weight excluding hydrogens is 216 g/mol. The first-order valence-electron chi connectivity index (χ1n) is 5.88. The topological polar surface area (TPSA) is 65.1 Å². The highest BCUT2D eigenvalue weighted by molar-refractivity contribution is 5.98. The van der Waals surface area contributed by atoms with E-state index in [0.717, 1.165) is 17.7 Å². The summed E-state index contributed by atoms with van der Waals surface area (Å²) in [6.45, 7) is 4.76. The van der Waals surface area contributed by atoms with E-state index in [9.17, 15) is 9.59 Å². The van der Waals surface area contributed by atoms with Crippen LogP contribution in [0.25, 0.3) is 0 Å². The van der Waals surface area contributed by atoms with Gasteiger partial charge in [-0.3, -0.25) is 9.59 Å². The van der Waals surface area contributed by atoms with Crippen molar-refractivity contribution in [2.45, 2.75) is 39.7 Å². The number of fused-ring (bicyclic) bond motifs is 1. The van der Waals surface area contributed by atoms with Gasteiger partial charge in [0.1, 0.15) is 0 Å². The van der Waals surface area contributed by atoms with Crippen molar-refractivity contribution in [3.8, 4) is 0 Å². The number of aryl methyl sites for hydroxylation is 1. The zero-order valence-corrected chi connectivity index (χ0v) is 10.3. The van der Waals surface area contributed by atoms with Crippen LogP contribution >= 0.6 is 0 Å². The molecule has 4 heteroatoms. The van der Waals surface area contributed by atoms with E-state index in [-0.39, 0.29) is 17.1 Å². The normalized spacial score (nSPS) is 17.9. The number of nitrogens with zero attached hydrogens (tertiary/aromatic N) is 1. The maximum atomic E-state index is 11.9. The molecule has 1 aromatic rings. The largest absolute Gasteiger partial charge is 0.370 e. The number of ketones is 1. The van der Waals surface area contributed by atoms with Crippen molar-refractivity contribution in [1.29, 1.82) is 0 Å². The molecule has 0 saturated carbocycles. The summed E-state index contributed by atoms with van der Waals surface area (Å²) in [7, 11) is 0. The number of hydrogen-bond acceptors (Lipinski definition) is 2. The zero-order chi connectivity index (χ0) is 12.6. The van der Waals surface area contributed by atoms with Crippen LogP contribution in [0.1, 0.15) is 42.7 Å². The number of carbonyl (C=O) groups excluding carboxylic acids is 2. The van der Waals surface area contributed by atoms with E-state index in [1.807, 2.05) is 16.8 Å². The molecule has 1 aliphatic rings. The van der Waals surface area contributed by atoms with Gasteiger partial charge < -0.3 is 10.3 Å². The third-order valence-electron chi connectivity index (χ3n) is 3.26. The molecule has 0 bridgehead atoms. The minimum atomic E-state index is -0.311. The fraction of sp³-hybridized carbons (Fsp3) is 0.538. The molecule has 92 valence electrons. The number of primary amides is 1. The number of aromatic nitrogens is 1. The molecule has 0 aromatic carbocycles. The van der Waals surface area contributed by atoms with Gasteiger partial charge in [0.15, 0.2) is 5.78 Å². The van der Waals surface area contributed by atoms with E-state index in [1.54, 1.807) is 0 Å². The van der Waals surface area contributed by atoms with Crippen molar-refractivity contribution in [3.63, 3.8) is 0 Å². The van der Waals surface area contributed by atoms with Crippen LogP contribution in [-0.2, 0) is 17.8 Å². The third kappa shape index (κ3) is 2.40. The predicted molar refractivity (Wildman–Crippen MR) is 64.7 cm³/mol. The van der Waals surface area contributed by atoms with Crippen molar-refractivity contribution in [2.75, 3.05) is 0 Å². The Balaban J connectivity index is 2.27. The number of amides is 1. The summed E-state index contributed by atoms with van der Waals surface area (Å²) in [5.41, 5.74) is 7.02. The van der Waals surface area contributed by atoms with Crippen molar-refractivity contribution < 1.29 is 9.59 Å². The Morgan fingerprint density at radius 1 is 1.47 bits per heavy atom. The quantitative estimate of drug-likeness (QED) is 0.861. The molecule has 2 rings (SSSR count). The van der Waals surface area contributed by atoms with Crippen LogP contribution < -0.4 is 5.73 Å². The summed E-state index contributed by atoms with van der Waals surface area (Å²) in [5.74, 6) is -0.108. The molecule has 0 fully saturated rings. The van der Waals surface area contributed by atoms with E-state index in [2.05, 4.69) is 13.8 Å². The van der Waals surface area contributed by atoms with Crippen LogP contribution in [0.4, 0.5) is 0 Å². The van der Waals surface area contributed by atoms with Crippen LogP contribution in [-0.4, -0.2) is 16.3 Å². The van der Waals surface area contributed by atoms with Crippen LogP contribution in [0.15, 0.2) is 12.3 Å². The fourth-order valence-electron chi connectivity index (χ4n) is 2.44. The molecule has 0 spiro atoms. The van der Waals surface area contributed by atoms with Crippen LogP contribution in [0.2, 0.25) is 0 Å². The van der Waals surface area contributed by atoms with E-state index in [1.165, 1.54) is 0 Å². The van der Waals surface area contributed by atoms with Gasteiger partial charge in [-0.05, 0) is 17.9 Å². The molecular formula is C13H18N2O2. The first kappa shape index (κ1) is 11.9. The summed E-state index contributed by atoms with van der Waals surface area (Å²) < 4.78 is 1.99. The molecule has 1 heterocycles.